The molecule has 6 heteroatoms. The number of H-pyrrole nitrogens is 1. The zero-order valence-corrected chi connectivity index (χ0v) is 13.5. The first-order valence-corrected chi connectivity index (χ1v) is 8.44. The number of amides is 1. The minimum Gasteiger partial charge on any atom is -0.348 e. The standard InChI is InChI=1S/C17H24N4O2/c1-12(18-15(22)10-13-6-2-3-7-13)14-11-16(23)20-17(19-14)21-8-4-5-9-21/h2,6,11-13H,3-5,7-10H2,1H3,(H,18,22)(H,19,20,23)/t12-,13-/m0/s1. The van der Waals surface area contributed by atoms with E-state index in [1.807, 2.05) is 6.92 Å². The fourth-order valence-electron chi connectivity index (χ4n) is 3.24. The molecule has 0 unspecified atom stereocenters. The Balaban J connectivity index is 1.66. The molecule has 2 heterocycles. The average Bonchev–Trinajstić information content (AvgIpc) is 3.19. The van der Waals surface area contributed by atoms with E-state index in [9.17, 15) is 9.59 Å². The van der Waals surface area contributed by atoms with Crippen molar-refractivity contribution < 1.29 is 4.79 Å². The number of nitrogens with one attached hydrogen (secondary N) is 2. The lowest BCUT2D eigenvalue weighted by Crippen LogP contribution is -2.31. The van der Waals surface area contributed by atoms with Crippen molar-refractivity contribution in [3.8, 4) is 0 Å². The van der Waals surface area contributed by atoms with Gasteiger partial charge in [-0.05, 0) is 38.5 Å². The van der Waals surface area contributed by atoms with Crippen LogP contribution < -0.4 is 15.8 Å². The number of carbonyl (C=O) groups is 1. The number of hydrogen-bond acceptors (Lipinski definition) is 4. The molecule has 1 aliphatic heterocycles. The molecule has 0 bridgehead atoms. The van der Waals surface area contributed by atoms with Crippen molar-refractivity contribution in [1.82, 2.24) is 15.3 Å². The van der Waals surface area contributed by atoms with Crippen molar-refractivity contribution in [3.05, 3.63) is 34.3 Å². The summed E-state index contributed by atoms with van der Waals surface area (Å²) in [4.78, 5) is 33.5. The lowest BCUT2D eigenvalue weighted by molar-refractivity contribution is -0.122. The molecule has 2 atom stereocenters. The Labute approximate surface area is 136 Å². The largest absolute Gasteiger partial charge is 0.348 e. The summed E-state index contributed by atoms with van der Waals surface area (Å²) in [6, 6.07) is 1.21. The number of carbonyl (C=O) groups excluding carboxylic acids is 1. The first-order valence-electron chi connectivity index (χ1n) is 8.44. The number of anilines is 1. The number of rotatable bonds is 5. The molecule has 1 aromatic rings. The van der Waals surface area contributed by atoms with Gasteiger partial charge in [0, 0.05) is 25.6 Å². The minimum atomic E-state index is -0.267. The smallest absolute Gasteiger partial charge is 0.252 e. The summed E-state index contributed by atoms with van der Waals surface area (Å²) in [5, 5.41) is 2.96. The van der Waals surface area contributed by atoms with Crippen molar-refractivity contribution in [2.24, 2.45) is 5.92 Å². The van der Waals surface area contributed by atoms with E-state index in [-0.39, 0.29) is 17.5 Å². The van der Waals surface area contributed by atoms with Crippen LogP contribution in [0.2, 0.25) is 0 Å². The SMILES string of the molecule is C[C@H](NC(=O)C[C@H]1C=CCC1)c1cc(=O)[nH]c(N2CCCC2)n1. The van der Waals surface area contributed by atoms with Gasteiger partial charge in [-0.2, -0.15) is 0 Å². The molecule has 1 amide bonds. The number of aromatic nitrogens is 2. The molecule has 0 saturated carbocycles. The fourth-order valence-corrected chi connectivity index (χ4v) is 3.24. The molecule has 0 spiro atoms. The van der Waals surface area contributed by atoms with Gasteiger partial charge in [-0.15, -0.1) is 0 Å². The highest BCUT2D eigenvalue weighted by molar-refractivity contribution is 5.76. The van der Waals surface area contributed by atoms with E-state index in [2.05, 4.69) is 32.3 Å². The Morgan fingerprint density at radius 3 is 2.96 bits per heavy atom. The summed E-state index contributed by atoms with van der Waals surface area (Å²) < 4.78 is 0. The summed E-state index contributed by atoms with van der Waals surface area (Å²) in [7, 11) is 0. The Morgan fingerprint density at radius 2 is 2.26 bits per heavy atom. The number of aromatic amines is 1. The molecule has 2 aliphatic rings. The summed E-state index contributed by atoms with van der Waals surface area (Å²) >= 11 is 0. The van der Waals surface area contributed by atoms with Crippen LogP contribution in [-0.4, -0.2) is 29.0 Å². The lowest BCUT2D eigenvalue weighted by Gasteiger charge is -2.19. The van der Waals surface area contributed by atoms with E-state index < -0.39 is 0 Å². The zero-order chi connectivity index (χ0) is 16.2. The van der Waals surface area contributed by atoms with Gasteiger partial charge in [0.05, 0.1) is 11.7 Å². The van der Waals surface area contributed by atoms with Crippen LogP contribution in [0.4, 0.5) is 5.95 Å². The Morgan fingerprint density at radius 1 is 1.48 bits per heavy atom. The summed E-state index contributed by atoms with van der Waals surface area (Å²) in [5.74, 6) is 0.971. The van der Waals surface area contributed by atoms with Crippen LogP contribution in [0.25, 0.3) is 0 Å². The van der Waals surface area contributed by atoms with E-state index >= 15 is 0 Å². The fraction of sp³-hybridized carbons (Fsp3) is 0.588. The van der Waals surface area contributed by atoms with Crippen molar-refractivity contribution in [1.29, 1.82) is 0 Å². The van der Waals surface area contributed by atoms with Gasteiger partial charge in [0.25, 0.3) is 5.56 Å². The van der Waals surface area contributed by atoms with Gasteiger partial charge < -0.3 is 10.2 Å². The molecule has 0 aromatic carbocycles. The predicted octanol–water partition coefficient (Wildman–Crippen LogP) is 1.90. The molecule has 124 valence electrons. The number of allylic oxidation sites excluding steroid dienone is 2. The van der Waals surface area contributed by atoms with Crippen LogP contribution in [0.1, 0.15) is 50.8 Å². The van der Waals surface area contributed by atoms with Gasteiger partial charge in [-0.1, -0.05) is 12.2 Å². The normalized spacial score (nSPS) is 21.6. The van der Waals surface area contributed by atoms with Crippen molar-refractivity contribution in [2.75, 3.05) is 18.0 Å². The van der Waals surface area contributed by atoms with Gasteiger partial charge in [0.2, 0.25) is 11.9 Å². The van der Waals surface area contributed by atoms with Gasteiger partial charge in [-0.25, -0.2) is 4.98 Å². The highest BCUT2D eigenvalue weighted by Crippen LogP contribution is 2.21. The van der Waals surface area contributed by atoms with Crippen LogP contribution in [0.3, 0.4) is 0 Å². The molecule has 1 saturated heterocycles. The van der Waals surface area contributed by atoms with Crippen LogP contribution in [0.5, 0.6) is 0 Å². The minimum absolute atomic E-state index is 0.0128. The first-order chi connectivity index (χ1) is 11.1. The summed E-state index contributed by atoms with van der Waals surface area (Å²) in [6.07, 6.45) is 9.09. The number of hydrogen-bond donors (Lipinski definition) is 2. The van der Waals surface area contributed by atoms with Crippen LogP contribution >= 0.6 is 0 Å². The second kappa shape index (κ2) is 6.98. The van der Waals surface area contributed by atoms with E-state index in [0.717, 1.165) is 38.8 Å². The molecular formula is C17H24N4O2. The molecule has 6 nitrogen and oxygen atoms in total. The van der Waals surface area contributed by atoms with E-state index in [0.29, 0.717) is 24.0 Å². The van der Waals surface area contributed by atoms with Crippen LogP contribution in [-0.2, 0) is 4.79 Å². The van der Waals surface area contributed by atoms with E-state index in [1.165, 1.54) is 6.07 Å². The molecule has 2 N–H and O–H groups in total. The maximum absolute atomic E-state index is 12.1. The monoisotopic (exact) mass is 316 g/mol. The van der Waals surface area contributed by atoms with Crippen molar-refractivity contribution >= 4 is 11.9 Å². The van der Waals surface area contributed by atoms with Gasteiger partial charge in [0.1, 0.15) is 0 Å². The Kier molecular flexibility index (Phi) is 4.79. The van der Waals surface area contributed by atoms with E-state index in [1.54, 1.807) is 0 Å². The zero-order valence-electron chi connectivity index (χ0n) is 13.5. The van der Waals surface area contributed by atoms with Crippen molar-refractivity contribution in [3.63, 3.8) is 0 Å². The summed E-state index contributed by atoms with van der Waals surface area (Å²) in [5.41, 5.74) is 0.447. The van der Waals surface area contributed by atoms with Crippen molar-refractivity contribution in [2.45, 2.75) is 45.1 Å². The Hall–Kier alpha value is -2.11. The molecular weight excluding hydrogens is 292 g/mol. The summed E-state index contributed by atoms with van der Waals surface area (Å²) in [6.45, 7) is 3.71. The van der Waals surface area contributed by atoms with E-state index in [4.69, 9.17) is 0 Å². The first kappa shape index (κ1) is 15.8. The molecule has 1 aliphatic carbocycles. The van der Waals surface area contributed by atoms with Crippen LogP contribution in [0, 0.1) is 5.92 Å². The molecule has 1 fully saturated rings. The second-order valence-corrected chi connectivity index (χ2v) is 6.45. The molecule has 1 aromatic heterocycles. The molecule has 23 heavy (non-hydrogen) atoms. The van der Waals surface area contributed by atoms with Crippen LogP contribution in [0.15, 0.2) is 23.0 Å². The predicted molar refractivity (Wildman–Crippen MR) is 89.3 cm³/mol. The maximum Gasteiger partial charge on any atom is 0.252 e. The molecule has 0 radical (unpaired) electrons. The second-order valence-electron chi connectivity index (χ2n) is 6.45. The lowest BCUT2D eigenvalue weighted by atomic mass is 10.0. The Bertz CT molecular complexity index is 646. The third-order valence-corrected chi connectivity index (χ3v) is 4.54. The third-order valence-electron chi connectivity index (χ3n) is 4.54. The van der Waals surface area contributed by atoms with Gasteiger partial charge in [-0.3, -0.25) is 14.6 Å². The van der Waals surface area contributed by atoms with Gasteiger partial charge >= 0.3 is 0 Å². The molecule has 3 rings (SSSR count). The number of nitrogens with zero attached hydrogens (tertiary/aromatic N) is 2. The quantitative estimate of drug-likeness (QED) is 0.813. The maximum atomic E-state index is 12.1. The highest BCUT2D eigenvalue weighted by atomic mass is 16.1. The third kappa shape index (κ3) is 4.00. The average molecular weight is 316 g/mol. The highest BCUT2D eigenvalue weighted by Gasteiger charge is 2.19. The topological polar surface area (TPSA) is 78.1 Å². The van der Waals surface area contributed by atoms with Gasteiger partial charge in [0.15, 0.2) is 0 Å².